The molecule has 0 N–H and O–H groups in total. The van der Waals surface area contributed by atoms with Gasteiger partial charge in [-0.05, 0) is 56.2 Å². The molecule has 1 atom stereocenters. The van der Waals surface area contributed by atoms with Crippen LogP contribution in [0.2, 0.25) is 0 Å². The third-order valence-corrected chi connectivity index (χ3v) is 7.28. The summed E-state index contributed by atoms with van der Waals surface area (Å²) in [5, 5.41) is 0. The fourth-order valence-electron chi connectivity index (χ4n) is 3.57. The minimum Gasteiger partial charge on any atom is -0.481 e. The number of nitrogens with zero attached hydrogens (tertiary/aromatic N) is 2. The van der Waals surface area contributed by atoms with Crippen molar-refractivity contribution in [2.45, 2.75) is 45.1 Å². The van der Waals surface area contributed by atoms with Crippen LogP contribution in [-0.2, 0) is 21.2 Å². The highest BCUT2D eigenvalue weighted by Crippen LogP contribution is 2.32. The Morgan fingerprint density at radius 2 is 1.79 bits per heavy atom. The number of anilines is 1. The molecule has 29 heavy (non-hydrogen) atoms. The average Bonchev–Trinajstić information content (AvgIpc) is 3.13. The van der Waals surface area contributed by atoms with Crippen molar-refractivity contribution in [2.24, 2.45) is 0 Å². The number of hydrogen-bond donors (Lipinski definition) is 0. The monoisotopic (exact) mass is 416 g/mol. The quantitative estimate of drug-likeness (QED) is 0.694. The molecule has 0 saturated carbocycles. The zero-order valence-corrected chi connectivity index (χ0v) is 18.2. The second kappa shape index (κ2) is 8.55. The molecule has 0 radical (unpaired) electrons. The van der Waals surface area contributed by atoms with E-state index in [1.54, 1.807) is 30.0 Å². The van der Waals surface area contributed by atoms with E-state index in [1.807, 2.05) is 45.0 Å². The van der Waals surface area contributed by atoms with E-state index in [0.717, 1.165) is 16.8 Å². The van der Waals surface area contributed by atoms with Gasteiger partial charge >= 0.3 is 0 Å². The van der Waals surface area contributed by atoms with E-state index in [1.165, 1.54) is 4.31 Å². The van der Waals surface area contributed by atoms with E-state index in [2.05, 4.69) is 0 Å². The number of carbonyl (C=O) groups excluding carboxylic acids is 1. The van der Waals surface area contributed by atoms with Gasteiger partial charge in [-0.1, -0.05) is 31.5 Å². The number of amides is 1. The van der Waals surface area contributed by atoms with Gasteiger partial charge in [0, 0.05) is 25.3 Å². The maximum absolute atomic E-state index is 12.9. The normalized spacial score (nSPS) is 14.7. The molecule has 1 heterocycles. The Labute approximate surface area is 173 Å². The molecule has 156 valence electrons. The van der Waals surface area contributed by atoms with Crippen LogP contribution in [0.4, 0.5) is 5.69 Å². The van der Waals surface area contributed by atoms with Gasteiger partial charge in [-0.25, -0.2) is 8.42 Å². The smallest absolute Gasteiger partial charge is 0.267 e. The number of sulfonamides is 1. The summed E-state index contributed by atoms with van der Waals surface area (Å²) < 4.78 is 32.8. The lowest BCUT2D eigenvalue weighted by atomic mass is 10.2. The molecule has 0 aromatic heterocycles. The predicted octanol–water partition coefficient (Wildman–Crippen LogP) is 3.38. The number of ether oxygens (including phenoxy) is 1. The van der Waals surface area contributed by atoms with Crippen molar-refractivity contribution < 1.29 is 17.9 Å². The minimum atomic E-state index is -3.52. The molecule has 6 nitrogen and oxygen atoms in total. The Hall–Kier alpha value is -2.38. The Balaban J connectivity index is 1.78. The van der Waals surface area contributed by atoms with E-state index in [4.69, 9.17) is 4.74 Å². The number of fused-ring (bicyclic) bond motifs is 1. The number of carbonyl (C=O) groups is 1. The molecule has 1 aliphatic heterocycles. The first kappa shape index (κ1) is 21.3. The van der Waals surface area contributed by atoms with Crippen LogP contribution in [0.3, 0.4) is 0 Å². The van der Waals surface area contributed by atoms with Crippen molar-refractivity contribution in [2.75, 3.05) is 24.5 Å². The molecule has 1 unspecified atom stereocenters. The van der Waals surface area contributed by atoms with Crippen LogP contribution in [0.25, 0.3) is 0 Å². The largest absolute Gasteiger partial charge is 0.481 e. The van der Waals surface area contributed by atoms with E-state index < -0.39 is 16.1 Å². The molecular formula is C22H28N2O4S. The molecular weight excluding hydrogens is 388 g/mol. The van der Waals surface area contributed by atoms with Crippen LogP contribution < -0.4 is 9.64 Å². The summed E-state index contributed by atoms with van der Waals surface area (Å²) in [5.41, 5.74) is 2.75. The Morgan fingerprint density at radius 3 is 2.41 bits per heavy atom. The summed E-state index contributed by atoms with van der Waals surface area (Å²) in [6, 6.07) is 12.6. The van der Waals surface area contributed by atoms with E-state index in [9.17, 15) is 13.2 Å². The molecule has 3 rings (SSSR count). The van der Waals surface area contributed by atoms with Gasteiger partial charge < -0.3 is 9.64 Å². The molecule has 7 heteroatoms. The van der Waals surface area contributed by atoms with Gasteiger partial charge in [-0.3, -0.25) is 4.79 Å². The number of rotatable bonds is 7. The van der Waals surface area contributed by atoms with Gasteiger partial charge in [0.2, 0.25) is 10.0 Å². The van der Waals surface area contributed by atoms with E-state index in [-0.39, 0.29) is 10.8 Å². The summed E-state index contributed by atoms with van der Waals surface area (Å²) >= 11 is 0. The van der Waals surface area contributed by atoms with E-state index in [0.29, 0.717) is 31.8 Å². The van der Waals surface area contributed by atoms with Gasteiger partial charge in [0.1, 0.15) is 5.75 Å². The third kappa shape index (κ3) is 4.31. The minimum absolute atomic E-state index is 0.135. The molecule has 0 fully saturated rings. The molecule has 0 bridgehead atoms. The standard InChI is InChI=1S/C22H28N2O4S/c1-5-23(6-2)29(26,27)20-11-12-21-18(15-20)13-14-24(21)22(25)17(4)28-19-9-7-16(3)8-10-19/h7-12,15,17H,5-6,13-14H2,1-4H3. The van der Waals surface area contributed by atoms with Crippen LogP contribution in [0.1, 0.15) is 31.9 Å². The van der Waals surface area contributed by atoms with Gasteiger partial charge in [0.15, 0.2) is 6.10 Å². The summed E-state index contributed by atoms with van der Waals surface area (Å²) in [4.78, 5) is 14.9. The third-order valence-electron chi connectivity index (χ3n) is 5.24. The predicted molar refractivity (Wildman–Crippen MR) is 114 cm³/mol. The van der Waals surface area contributed by atoms with Crippen LogP contribution in [0.5, 0.6) is 5.75 Å². The number of hydrogen-bond acceptors (Lipinski definition) is 4. The van der Waals surface area contributed by atoms with E-state index >= 15 is 0 Å². The highest BCUT2D eigenvalue weighted by atomic mass is 32.2. The molecule has 2 aromatic carbocycles. The first-order valence-corrected chi connectivity index (χ1v) is 11.4. The van der Waals surface area contributed by atoms with Crippen molar-refractivity contribution >= 4 is 21.6 Å². The van der Waals surface area contributed by atoms with Crippen LogP contribution >= 0.6 is 0 Å². The molecule has 1 aliphatic rings. The lowest BCUT2D eigenvalue weighted by molar-refractivity contribution is -0.124. The lowest BCUT2D eigenvalue weighted by Gasteiger charge is -2.23. The molecule has 0 spiro atoms. The highest BCUT2D eigenvalue weighted by molar-refractivity contribution is 7.89. The summed E-state index contributed by atoms with van der Waals surface area (Å²) in [7, 11) is -3.52. The van der Waals surface area contributed by atoms with Crippen LogP contribution in [-0.4, -0.2) is 44.4 Å². The van der Waals surface area contributed by atoms with Gasteiger partial charge in [0.05, 0.1) is 4.90 Å². The lowest BCUT2D eigenvalue weighted by Crippen LogP contribution is -2.39. The fraction of sp³-hybridized carbons (Fsp3) is 0.409. The summed E-state index contributed by atoms with van der Waals surface area (Å²) in [6.45, 7) is 8.75. The van der Waals surface area contributed by atoms with Crippen molar-refractivity contribution in [3.63, 3.8) is 0 Å². The first-order valence-electron chi connectivity index (χ1n) is 9.95. The Bertz CT molecular complexity index is 982. The Morgan fingerprint density at radius 1 is 1.14 bits per heavy atom. The van der Waals surface area contributed by atoms with Crippen LogP contribution in [0, 0.1) is 6.92 Å². The number of aryl methyl sites for hydroxylation is 1. The zero-order valence-electron chi connectivity index (χ0n) is 17.4. The molecule has 0 saturated heterocycles. The maximum atomic E-state index is 12.9. The first-order chi connectivity index (χ1) is 13.8. The SMILES string of the molecule is CCN(CC)S(=O)(=O)c1ccc2c(c1)CCN2C(=O)C(C)Oc1ccc(C)cc1. The molecule has 0 aliphatic carbocycles. The molecule has 2 aromatic rings. The van der Waals surface area contributed by atoms with Crippen molar-refractivity contribution in [3.05, 3.63) is 53.6 Å². The van der Waals surface area contributed by atoms with Gasteiger partial charge in [0.25, 0.3) is 5.91 Å². The van der Waals surface area contributed by atoms with Crippen molar-refractivity contribution in [1.29, 1.82) is 0 Å². The Kier molecular flexibility index (Phi) is 6.29. The topological polar surface area (TPSA) is 66.9 Å². The van der Waals surface area contributed by atoms with Crippen molar-refractivity contribution in [3.8, 4) is 5.75 Å². The fourth-order valence-corrected chi connectivity index (χ4v) is 5.08. The van der Waals surface area contributed by atoms with Crippen LogP contribution in [0.15, 0.2) is 47.4 Å². The second-order valence-electron chi connectivity index (χ2n) is 7.19. The second-order valence-corrected chi connectivity index (χ2v) is 9.13. The van der Waals surface area contributed by atoms with Crippen molar-refractivity contribution in [1.82, 2.24) is 4.31 Å². The average molecular weight is 417 g/mol. The summed E-state index contributed by atoms with van der Waals surface area (Å²) in [5.74, 6) is 0.514. The molecule has 1 amide bonds. The maximum Gasteiger partial charge on any atom is 0.267 e. The zero-order chi connectivity index (χ0) is 21.2. The highest BCUT2D eigenvalue weighted by Gasteiger charge is 2.31. The van der Waals surface area contributed by atoms with Gasteiger partial charge in [-0.2, -0.15) is 4.31 Å². The summed E-state index contributed by atoms with van der Waals surface area (Å²) in [6.07, 6.45) is -0.0114. The number of benzene rings is 2. The van der Waals surface area contributed by atoms with Gasteiger partial charge in [-0.15, -0.1) is 0 Å².